The summed E-state index contributed by atoms with van der Waals surface area (Å²) in [5.41, 5.74) is 2.89. The number of nitrogens with zero attached hydrogens (tertiary/aromatic N) is 1. The number of carbonyl (C=O) groups is 1. The molecule has 0 saturated heterocycles. The minimum absolute atomic E-state index is 0.172. The van der Waals surface area contributed by atoms with Crippen LogP contribution in [0.5, 0.6) is 0 Å². The number of hydrogen-bond donors (Lipinski definition) is 1. The predicted molar refractivity (Wildman–Crippen MR) is 78.9 cm³/mol. The molecule has 1 saturated carbocycles. The third-order valence-corrected chi connectivity index (χ3v) is 3.94. The van der Waals surface area contributed by atoms with Crippen molar-refractivity contribution in [1.82, 2.24) is 10.2 Å². The highest BCUT2D eigenvalue weighted by molar-refractivity contribution is 5.81. The molecule has 0 aromatic heterocycles. The summed E-state index contributed by atoms with van der Waals surface area (Å²) >= 11 is 0. The number of hydrogen-bond acceptors (Lipinski definition) is 2. The van der Waals surface area contributed by atoms with Crippen LogP contribution >= 0.6 is 0 Å². The van der Waals surface area contributed by atoms with E-state index in [2.05, 4.69) is 46.3 Å². The first-order valence-corrected chi connectivity index (χ1v) is 7.35. The summed E-state index contributed by atoms with van der Waals surface area (Å²) in [5, 5.41) is 2.87. The van der Waals surface area contributed by atoms with E-state index in [4.69, 9.17) is 0 Å². The van der Waals surface area contributed by atoms with E-state index in [0.29, 0.717) is 6.54 Å². The lowest BCUT2D eigenvalue weighted by Gasteiger charge is -2.26. The molecule has 1 aliphatic heterocycles. The number of nitrogens with one attached hydrogen (secondary N) is 1. The Morgan fingerprint density at radius 1 is 1.25 bits per heavy atom. The van der Waals surface area contributed by atoms with Crippen LogP contribution < -0.4 is 5.32 Å². The van der Waals surface area contributed by atoms with Gasteiger partial charge in [0.25, 0.3) is 0 Å². The highest BCUT2D eigenvalue weighted by atomic mass is 16.2. The Labute approximate surface area is 120 Å². The van der Waals surface area contributed by atoms with Crippen molar-refractivity contribution in [3.63, 3.8) is 0 Å². The molecular weight excluding hydrogens is 248 g/mol. The fraction of sp³-hybridized carbons (Fsp3) is 0.471. The number of amides is 1. The van der Waals surface area contributed by atoms with Crippen molar-refractivity contribution < 1.29 is 4.79 Å². The third-order valence-electron chi connectivity index (χ3n) is 3.94. The summed E-state index contributed by atoms with van der Waals surface area (Å²) in [6.45, 7) is 3.33. The van der Waals surface area contributed by atoms with Gasteiger partial charge in [-0.3, -0.25) is 9.69 Å². The van der Waals surface area contributed by atoms with Crippen LogP contribution in [-0.4, -0.2) is 30.4 Å². The molecule has 1 amide bonds. The molecule has 2 aliphatic rings. The van der Waals surface area contributed by atoms with Gasteiger partial charge in [-0.05, 0) is 30.4 Å². The van der Waals surface area contributed by atoms with Crippen molar-refractivity contribution >= 4 is 5.91 Å². The van der Waals surface area contributed by atoms with Crippen LogP contribution in [0.3, 0.4) is 0 Å². The SMILES string of the molecule is O=C(NCC#CCN1CCc2ccccc2C1)C1CC1. The lowest BCUT2D eigenvalue weighted by Crippen LogP contribution is -2.31. The second kappa shape index (κ2) is 6.11. The van der Waals surface area contributed by atoms with Crippen LogP contribution in [0.4, 0.5) is 0 Å². The van der Waals surface area contributed by atoms with Crippen molar-refractivity contribution in [2.45, 2.75) is 25.8 Å². The van der Waals surface area contributed by atoms with E-state index in [-0.39, 0.29) is 11.8 Å². The van der Waals surface area contributed by atoms with Gasteiger partial charge in [-0.15, -0.1) is 0 Å². The van der Waals surface area contributed by atoms with E-state index in [1.54, 1.807) is 0 Å². The Morgan fingerprint density at radius 3 is 2.85 bits per heavy atom. The number of benzene rings is 1. The van der Waals surface area contributed by atoms with E-state index in [9.17, 15) is 4.79 Å². The summed E-state index contributed by atoms with van der Waals surface area (Å²) in [7, 11) is 0. The van der Waals surface area contributed by atoms with Crippen molar-refractivity contribution in [2.75, 3.05) is 19.6 Å². The summed E-state index contributed by atoms with van der Waals surface area (Å²) in [6, 6.07) is 8.62. The molecule has 0 spiro atoms. The molecule has 1 aliphatic carbocycles. The molecule has 1 fully saturated rings. The Kier molecular flexibility index (Phi) is 4.03. The average Bonchev–Trinajstić information content (AvgIpc) is 3.31. The van der Waals surface area contributed by atoms with Gasteiger partial charge >= 0.3 is 0 Å². The first-order chi connectivity index (χ1) is 9.83. The molecule has 0 unspecified atom stereocenters. The number of carbonyl (C=O) groups excluding carboxylic acids is 1. The maximum Gasteiger partial charge on any atom is 0.223 e. The van der Waals surface area contributed by atoms with E-state index < -0.39 is 0 Å². The van der Waals surface area contributed by atoms with E-state index in [0.717, 1.165) is 38.9 Å². The monoisotopic (exact) mass is 268 g/mol. The van der Waals surface area contributed by atoms with Crippen molar-refractivity contribution in [2.24, 2.45) is 5.92 Å². The summed E-state index contributed by atoms with van der Waals surface area (Å²) in [5.74, 6) is 6.65. The van der Waals surface area contributed by atoms with Gasteiger partial charge < -0.3 is 5.32 Å². The molecule has 20 heavy (non-hydrogen) atoms. The predicted octanol–water partition coefficient (Wildman–Crippen LogP) is 1.57. The van der Waals surface area contributed by atoms with Gasteiger partial charge in [-0.2, -0.15) is 0 Å². The second-order valence-electron chi connectivity index (χ2n) is 5.57. The van der Waals surface area contributed by atoms with Crippen LogP contribution in [-0.2, 0) is 17.8 Å². The maximum atomic E-state index is 11.4. The van der Waals surface area contributed by atoms with Gasteiger partial charge in [-0.25, -0.2) is 0 Å². The lowest BCUT2D eigenvalue weighted by molar-refractivity contribution is -0.122. The van der Waals surface area contributed by atoms with Crippen molar-refractivity contribution in [3.8, 4) is 11.8 Å². The molecule has 1 aromatic rings. The van der Waals surface area contributed by atoms with Gasteiger partial charge in [-0.1, -0.05) is 36.1 Å². The maximum absolute atomic E-state index is 11.4. The second-order valence-corrected chi connectivity index (χ2v) is 5.57. The van der Waals surface area contributed by atoms with Crippen LogP contribution in [0, 0.1) is 17.8 Å². The molecule has 1 aromatic carbocycles. The van der Waals surface area contributed by atoms with Gasteiger partial charge in [0.05, 0.1) is 13.1 Å². The zero-order valence-corrected chi connectivity index (χ0v) is 11.7. The van der Waals surface area contributed by atoms with E-state index >= 15 is 0 Å². The van der Waals surface area contributed by atoms with Gasteiger partial charge in [0.15, 0.2) is 0 Å². The third kappa shape index (κ3) is 3.40. The zero-order valence-electron chi connectivity index (χ0n) is 11.7. The molecule has 104 valence electrons. The fourth-order valence-electron chi connectivity index (χ4n) is 2.54. The summed E-state index contributed by atoms with van der Waals surface area (Å²) in [4.78, 5) is 13.8. The minimum atomic E-state index is 0.172. The van der Waals surface area contributed by atoms with Crippen LogP contribution in [0.2, 0.25) is 0 Å². The molecule has 3 heteroatoms. The number of rotatable bonds is 3. The Bertz CT molecular complexity index is 552. The lowest BCUT2D eigenvalue weighted by atomic mass is 10.0. The molecule has 0 atom stereocenters. The quantitative estimate of drug-likeness (QED) is 0.844. The van der Waals surface area contributed by atoms with Gasteiger partial charge in [0.2, 0.25) is 5.91 Å². The van der Waals surface area contributed by atoms with E-state index in [1.165, 1.54) is 11.1 Å². The topological polar surface area (TPSA) is 32.3 Å². The Hall–Kier alpha value is -1.79. The smallest absolute Gasteiger partial charge is 0.223 e. The van der Waals surface area contributed by atoms with E-state index in [1.807, 2.05) is 0 Å². The highest BCUT2D eigenvalue weighted by Gasteiger charge is 2.28. The van der Waals surface area contributed by atoms with Crippen molar-refractivity contribution in [1.29, 1.82) is 0 Å². The molecule has 0 radical (unpaired) electrons. The van der Waals surface area contributed by atoms with Gasteiger partial charge in [0, 0.05) is 19.0 Å². The van der Waals surface area contributed by atoms with Crippen LogP contribution in [0.1, 0.15) is 24.0 Å². The average molecular weight is 268 g/mol. The summed E-state index contributed by atoms with van der Waals surface area (Å²) < 4.78 is 0. The number of fused-ring (bicyclic) bond motifs is 1. The minimum Gasteiger partial charge on any atom is -0.345 e. The molecule has 1 N–H and O–H groups in total. The van der Waals surface area contributed by atoms with Crippen LogP contribution in [0.25, 0.3) is 0 Å². The van der Waals surface area contributed by atoms with Crippen molar-refractivity contribution in [3.05, 3.63) is 35.4 Å². The molecule has 3 rings (SSSR count). The first-order valence-electron chi connectivity index (χ1n) is 7.35. The fourth-order valence-corrected chi connectivity index (χ4v) is 2.54. The molecular formula is C17H20N2O. The van der Waals surface area contributed by atoms with Gasteiger partial charge in [0.1, 0.15) is 0 Å². The molecule has 3 nitrogen and oxygen atoms in total. The molecule has 1 heterocycles. The Balaban J connectivity index is 1.42. The normalized spacial score (nSPS) is 17.8. The zero-order chi connectivity index (χ0) is 13.8. The Morgan fingerprint density at radius 2 is 2.05 bits per heavy atom. The molecule has 0 bridgehead atoms. The highest BCUT2D eigenvalue weighted by Crippen LogP contribution is 2.28. The van der Waals surface area contributed by atoms with Crippen LogP contribution in [0.15, 0.2) is 24.3 Å². The standard InChI is InChI=1S/C17H20N2O/c20-17(15-7-8-15)18-10-3-4-11-19-12-9-14-5-1-2-6-16(14)13-19/h1-2,5-6,15H,7-13H2,(H,18,20). The largest absolute Gasteiger partial charge is 0.345 e. The first kappa shape index (κ1) is 13.2. The summed E-state index contributed by atoms with van der Waals surface area (Å²) in [6.07, 6.45) is 3.20.